The minimum atomic E-state index is -0.0923. The minimum Gasteiger partial charge on any atom is -0.354 e. The van der Waals surface area contributed by atoms with Crippen LogP contribution in [-0.4, -0.2) is 24.5 Å². The topological polar surface area (TPSA) is 41.1 Å². The van der Waals surface area contributed by atoms with Gasteiger partial charge in [-0.25, -0.2) is 0 Å². The Bertz CT molecular complexity index is 301. The van der Waals surface area contributed by atoms with Crippen molar-refractivity contribution in [3.8, 4) is 0 Å². The molecule has 0 bridgehead atoms. The summed E-state index contributed by atoms with van der Waals surface area (Å²) in [5, 5.41) is 6.62. The largest absolute Gasteiger partial charge is 0.354 e. The summed E-state index contributed by atoms with van der Waals surface area (Å²) in [6, 6.07) is 0.392. The van der Waals surface area contributed by atoms with Gasteiger partial charge in [-0.3, -0.25) is 4.79 Å². The Morgan fingerprint density at radius 2 is 1.80 bits per heavy atom. The predicted octanol–water partition coefficient (Wildman–Crippen LogP) is 3.20. The maximum atomic E-state index is 12.1. The Labute approximate surface area is 125 Å². The smallest absolute Gasteiger partial charge is 0.236 e. The molecule has 20 heavy (non-hydrogen) atoms. The van der Waals surface area contributed by atoms with Gasteiger partial charge in [0, 0.05) is 12.6 Å². The molecular formula is C17H34N2O. The van der Waals surface area contributed by atoms with Gasteiger partial charge in [0.1, 0.15) is 0 Å². The van der Waals surface area contributed by atoms with Gasteiger partial charge in [-0.2, -0.15) is 0 Å². The van der Waals surface area contributed by atoms with E-state index in [1.165, 1.54) is 19.3 Å². The summed E-state index contributed by atoms with van der Waals surface area (Å²) in [7, 11) is 0. The van der Waals surface area contributed by atoms with Crippen LogP contribution in [-0.2, 0) is 4.79 Å². The third kappa shape index (κ3) is 5.43. The second-order valence-corrected chi connectivity index (χ2v) is 7.46. The first-order chi connectivity index (χ1) is 9.31. The highest BCUT2D eigenvalue weighted by atomic mass is 16.2. The lowest BCUT2D eigenvalue weighted by Crippen LogP contribution is -2.52. The minimum absolute atomic E-state index is 0.0923. The first kappa shape index (κ1) is 17.5. The molecule has 0 aromatic heterocycles. The van der Waals surface area contributed by atoms with Crippen LogP contribution in [0.2, 0.25) is 0 Å². The molecule has 1 aliphatic rings. The van der Waals surface area contributed by atoms with E-state index < -0.39 is 0 Å². The summed E-state index contributed by atoms with van der Waals surface area (Å²) in [6.45, 7) is 13.9. The van der Waals surface area contributed by atoms with Crippen molar-refractivity contribution in [2.24, 2.45) is 23.7 Å². The van der Waals surface area contributed by atoms with Gasteiger partial charge in [0.2, 0.25) is 5.91 Å². The quantitative estimate of drug-likeness (QED) is 0.785. The molecule has 0 heterocycles. The van der Waals surface area contributed by atoms with E-state index in [2.05, 4.69) is 45.3 Å². The Kier molecular flexibility index (Phi) is 7.01. The number of rotatable bonds is 6. The van der Waals surface area contributed by atoms with E-state index in [4.69, 9.17) is 0 Å². The second kappa shape index (κ2) is 8.02. The van der Waals surface area contributed by atoms with E-state index in [9.17, 15) is 4.79 Å². The average Bonchev–Trinajstić information content (AvgIpc) is 2.35. The van der Waals surface area contributed by atoms with E-state index >= 15 is 0 Å². The summed E-state index contributed by atoms with van der Waals surface area (Å²) in [5.74, 6) is 2.80. The van der Waals surface area contributed by atoms with Crippen LogP contribution >= 0.6 is 0 Å². The van der Waals surface area contributed by atoms with E-state index in [-0.39, 0.29) is 11.9 Å². The molecule has 1 rings (SSSR count). The second-order valence-electron chi connectivity index (χ2n) is 7.46. The molecule has 0 aliphatic heterocycles. The number of carbonyl (C=O) groups is 1. The lowest BCUT2D eigenvalue weighted by atomic mass is 9.74. The molecular weight excluding hydrogens is 248 g/mol. The highest BCUT2D eigenvalue weighted by molar-refractivity contribution is 5.81. The van der Waals surface area contributed by atoms with Crippen molar-refractivity contribution in [3.63, 3.8) is 0 Å². The highest BCUT2D eigenvalue weighted by Gasteiger charge is 2.32. The molecule has 1 saturated carbocycles. The third-order valence-electron chi connectivity index (χ3n) is 4.56. The molecule has 1 amide bonds. The standard InChI is InChI=1S/C17H34N2O/c1-11(2)10-18-17(20)14(6)19-16-9-13(5)7-8-15(16)12(3)4/h11-16,19H,7-10H2,1-6H3,(H,18,20). The number of nitrogens with one attached hydrogen (secondary N) is 2. The van der Waals surface area contributed by atoms with Gasteiger partial charge in [-0.05, 0) is 43.4 Å². The Morgan fingerprint density at radius 1 is 1.15 bits per heavy atom. The van der Waals surface area contributed by atoms with Crippen LogP contribution in [0.15, 0.2) is 0 Å². The molecule has 4 atom stereocenters. The molecule has 0 aromatic carbocycles. The van der Waals surface area contributed by atoms with Crippen LogP contribution in [0.1, 0.15) is 60.8 Å². The maximum Gasteiger partial charge on any atom is 0.236 e. The molecule has 3 nitrogen and oxygen atoms in total. The zero-order valence-corrected chi connectivity index (χ0v) is 14.2. The van der Waals surface area contributed by atoms with Crippen LogP contribution in [0.25, 0.3) is 0 Å². The average molecular weight is 282 g/mol. The van der Waals surface area contributed by atoms with E-state index in [1.54, 1.807) is 0 Å². The Hall–Kier alpha value is -0.570. The van der Waals surface area contributed by atoms with Crippen LogP contribution in [0, 0.1) is 23.7 Å². The van der Waals surface area contributed by atoms with Gasteiger partial charge in [-0.15, -0.1) is 0 Å². The van der Waals surface area contributed by atoms with E-state index in [0.717, 1.165) is 12.5 Å². The number of carbonyl (C=O) groups excluding carboxylic acids is 1. The number of amides is 1. The summed E-state index contributed by atoms with van der Waals surface area (Å²) in [4.78, 5) is 12.1. The summed E-state index contributed by atoms with van der Waals surface area (Å²) < 4.78 is 0. The lowest BCUT2D eigenvalue weighted by Gasteiger charge is -2.39. The predicted molar refractivity (Wildman–Crippen MR) is 85.6 cm³/mol. The van der Waals surface area contributed by atoms with Crippen LogP contribution in [0.3, 0.4) is 0 Å². The van der Waals surface area contributed by atoms with Crippen molar-refractivity contribution >= 4 is 5.91 Å². The lowest BCUT2D eigenvalue weighted by molar-refractivity contribution is -0.123. The summed E-state index contributed by atoms with van der Waals surface area (Å²) in [5.41, 5.74) is 0. The zero-order valence-electron chi connectivity index (χ0n) is 14.2. The molecule has 3 heteroatoms. The highest BCUT2D eigenvalue weighted by Crippen LogP contribution is 2.33. The monoisotopic (exact) mass is 282 g/mol. The van der Waals surface area contributed by atoms with Crippen molar-refractivity contribution in [2.45, 2.75) is 72.9 Å². The van der Waals surface area contributed by atoms with Crippen LogP contribution < -0.4 is 10.6 Å². The first-order valence-electron chi connectivity index (χ1n) is 8.35. The fraction of sp³-hybridized carbons (Fsp3) is 0.941. The number of hydrogen-bond donors (Lipinski definition) is 2. The molecule has 1 aliphatic carbocycles. The van der Waals surface area contributed by atoms with Crippen LogP contribution in [0.5, 0.6) is 0 Å². The Balaban J connectivity index is 2.52. The number of hydrogen-bond acceptors (Lipinski definition) is 2. The van der Waals surface area contributed by atoms with Crippen LogP contribution in [0.4, 0.5) is 0 Å². The summed E-state index contributed by atoms with van der Waals surface area (Å²) in [6.07, 6.45) is 3.82. The normalized spacial score (nSPS) is 28.7. The fourth-order valence-corrected chi connectivity index (χ4v) is 3.25. The molecule has 0 aromatic rings. The zero-order chi connectivity index (χ0) is 15.3. The summed E-state index contributed by atoms with van der Waals surface area (Å²) >= 11 is 0. The Morgan fingerprint density at radius 3 is 2.35 bits per heavy atom. The van der Waals surface area contributed by atoms with Crippen molar-refractivity contribution in [3.05, 3.63) is 0 Å². The van der Waals surface area contributed by atoms with E-state index in [0.29, 0.717) is 23.8 Å². The van der Waals surface area contributed by atoms with Gasteiger partial charge in [0.15, 0.2) is 0 Å². The molecule has 0 saturated heterocycles. The van der Waals surface area contributed by atoms with Crippen molar-refractivity contribution in [2.75, 3.05) is 6.54 Å². The molecule has 0 radical (unpaired) electrons. The van der Waals surface area contributed by atoms with Crippen molar-refractivity contribution < 1.29 is 4.79 Å². The molecule has 4 unspecified atom stereocenters. The SMILES string of the molecule is CC(C)CNC(=O)C(C)NC1CC(C)CCC1C(C)C. The van der Waals surface area contributed by atoms with Gasteiger partial charge >= 0.3 is 0 Å². The fourth-order valence-electron chi connectivity index (χ4n) is 3.25. The van der Waals surface area contributed by atoms with Gasteiger partial charge in [0.25, 0.3) is 0 Å². The van der Waals surface area contributed by atoms with Gasteiger partial charge in [0.05, 0.1) is 6.04 Å². The molecule has 2 N–H and O–H groups in total. The molecule has 1 fully saturated rings. The first-order valence-corrected chi connectivity index (χ1v) is 8.35. The molecule has 0 spiro atoms. The van der Waals surface area contributed by atoms with Crippen molar-refractivity contribution in [1.29, 1.82) is 0 Å². The van der Waals surface area contributed by atoms with Gasteiger partial charge in [-0.1, -0.05) is 41.0 Å². The van der Waals surface area contributed by atoms with Gasteiger partial charge < -0.3 is 10.6 Å². The van der Waals surface area contributed by atoms with E-state index in [1.807, 2.05) is 6.92 Å². The van der Waals surface area contributed by atoms with Crippen molar-refractivity contribution in [1.82, 2.24) is 10.6 Å². The maximum absolute atomic E-state index is 12.1. The molecule has 118 valence electrons. The third-order valence-corrected chi connectivity index (χ3v) is 4.56.